The number of anilines is 1. The van der Waals surface area contributed by atoms with Crippen LogP contribution in [-0.4, -0.2) is 47.6 Å². The minimum absolute atomic E-state index is 0.121. The first kappa shape index (κ1) is 17.3. The van der Waals surface area contributed by atoms with Gasteiger partial charge in [0, 0.05) is 32.5 Å². The van der Waals surface area contributed by atoms with Crippen molar-refractivity contribution in [3.05, 3.63) is 59.4 Å². The predicted molar refractivity (Wildman–Crippen MR) is 89.3 cm³/mol. The molecule has 1 aromatic carbocycles. The van der Waals surface area contributed by atoms with Crippen LogP contribution in [0.2, 0.25) is 0 Å². The molecule has 25 heavy (non-hydrogen) atoms. The van der Waals surface area contributed by atoms with Gasteiger partial charge in [0.15, 0.2) is 11.6 Å². The van der Waals surface area contributed by atoms with Crippen LogP contribution in [0.3, 0.4) is 0 Å². The zero-order valence-corrected chi connectivity index (χ0v) is 14.0. The molecule has 1 amide bonds. The molecule has 1 N–H and O–H groups in total. The first-order valence-corrected chi connectivity index (χ1v) is 7.94. The number of carbonyl (C=O) groups excluding carboxylic acids is 1. The molecule has 1 saturated heterocycles. The fourth-order valence-electron chi connectivity index (χ4n) is 3.04. The number of hydrogen-bond donors (Lipinski definition) is 1. The van der Waals surface area contributed by atoms with E-state index < -0.39 is 23.8 Å². The molecule has 3 rings (SSSR count). The second-order valence-electron chi connectivity index (χ2n) is 6.33. The summed E-state index contributed by atoms with van der Waals surface area (Å²) in [4.78, 5) is 20.3. The normalized spacial score (nSPS) is 20.0. The van der Waals surface area contributed by atoms with E-state index in [0.717, 1.165) is 17.8 Å². The topological polar surface area (TPSA) is 56.7 Å². The number of aromatic nitrogens is 1. The fourth-order valence-corrected chi connectivity index (χ4v) is 3.04. The summed E-state index contributed by atoms with van der Waals surface area (Å²) in [5, 5.41) is 10.0. The highest BCUT2D eigenvalue weighted by Gasteiger charge is 2.36. The summed E-state index contributed by atoms with van der Waals surface area (Å²) in [7, 11) is 3.71. The third-order valence-corrected chi connectivity index (χ3v) is 4.35. The summed E-state index contributed by atoms with van der Waals surface area (Å²) in [5.41, 5.74) is 1.52. The molecule has 1 aliphatic rings. The van der Waals surface area contributed by atoms with E-state index in [1.54, 1.807) is 18.3 Å². The van der Waals surface area contributed by atoms with Crippen molar-refractivity contribution in [1.82, 2.24) is 9.88 Å². The van der Waals surface area contributed by atoms with Crippen molar-refractivity contribution in [3.8, 4) is 0 Å². The standard InChI is InChI=1S/C18H19F2N3O2/c1-22(2)12-5-6-21-16(8-12)18(25)23-10-13(24)9-17(23)11-3-4-14(19)15(20)7-11/h3-8,13,17,24H,9-10H2,1-2H3/t13-,17-/m1/s1. The molecule has 132 valence electrons. The Bertz CT molecular complexity index is 798. The van der Waals surface area contributed by atoms with Crippen LogP contribution in [0.25, 0.3) is 0 Å². The molecule has 2 aromatic rings. The van der Waals surface area contributed by atoms with Crippen LogP contribution in [0.1, 0.15) is 28.5 Å². The van der Waals surface area contributed by atoms with Crippen LogP contribution in [0, 0.1) is 11.6 Å². The predicted octanol–water partition coefficient (Wildman–Crippen LogP) is 2.37. The van der Waals surface area contributed by atoms with Gasteiger partial charge in [0.05, 0.1) is 12.1 Å². The molecule has 1 aromatic heterocycles. The van der Waals surface area contributed by atoms with E-state index in [9.17, 15) is 18.7 Å². The molecule has 2 heterocycles. The number of hydrogen-bond acceptors (Lipinski definition) is 4. The smallest absolute Gasteiger partial charge is 0.273 e. The molecule has 0 unspecified atom stereocenters. The third-order valence-electron chi connectivity index (χ3n) is 4.35. The van der Waals surface area contributed by atoms with Gasteiger partial charge in [-0.25, -0.2) is 8.78 Å². The molecule has 0 saturated carbocycles. The lowest BCUT2D eigenvalue weighted by Crippen LogP contribution is -2.32. The maximum atomic E-state index is 13.6. The number of aliphatic hydroxyl groups is 1. The summed E-state index contributed by atoms with van der Waals surface area (Å²) in [5.74, 6) is -2.27. The molecule has 7 heteroatoms. The van der Waals surface area contributed by atoms with Crippen LogP contribution in [0.5, 0.6) is 0 Å². The molecule has 1 fully saturated rings. The number of rotatable bonds is 3. The van der Waals surface area contributed by atoms with Gasteiger partial charge in [-0.1, -0.05) is 6.07 Å². The molecule has 0 radical (unpaired) electrons. The number of carbonyl (C=O) groups is 1. The molecule has 1 aliphatic heterocycles. The lowest BCUT2D eigenvalue weighted by molar-refractivity contribution is 0.0709. The van der Waals surface area contributed by atoms with Gasteiger partial charge in [-0.15, -0.1) is 0 Å². The van der Waals surface area contributed by atoms with E-state index in [1.165, 1.54) is 11.0 Å². The summed E-state index contributed by atoms with van der Waals surface area (Å²) in [6.45, 7) is 0.121. The Kier molecular flexibility index (Phi) is 4.67. The van der Waals surface area contributed by atoms with Crippen molar-refractivity contribution in [1.29, 1.82) is 0 Å². The van der Waals surface area contributed by atoms with Gasteiger partial charge in [0.2, 0.25) is 0 Å². The lowest BCUT2D eigenvalue weighted by atomic mass is 10.0. The maximum Gasteiger partial charge on any atom is 0.273 e. The van der Waals surface area contributed by atoms with Gasteiger partial charge in [0.1, 0.15) is 5.69 Å². The van der Waals surface area contributed by atoms with Gasteiger partial charge in [0.25, 0.3) is 5.91 Å². The van der Waals surface area contributed by atoms with E-state index in [-0.39, 0.29) is 24.6 Å². The second kappa shape index (κ2) is 6.76. The van der Waals surface area contributed by atoms with Crippen molar-refractivity contribution in [2.24, 2.45) is 0 Å². The molecular weight excluding hydrogens is 328 g/mol. The molecular formula is C18H19F2N3O2. The largest absolute Gasteiger partial charge is 0.391 e. The average Bonchev–Trinajstić information content (AvgIpc) is 2.98. The molecule has 2 atom stereocenters. The number of amides is 1. The quantitative estimate of drug-likeness (QED) is 0.926. The summed E-state index contributed by atoms with van der Waals surface area (Å²) < 4.78 is 26.7. The van der Waals surface area contributed by atoms with Crippen molar-refractivity contribution in [2.75, 3.05) is 25.5 Å². The van der Waals surface area contributed by atoms with Crippen LogP contribution in [0.4, 0.5) is 14.5 Å². The average molecular weight is 347 g/mol. The third kappa shape index (κ3) is 3.46. The first-order chi connectivity index (χ1) is 11.9. The number of benzene rings is 1. The highest BCUT2D eigenvalue weighted by molar-refractivity contribution is 5.93. The van der Waals surface area contributed by atoms with Gasteiger partial charge in [-0.05, 0) is 36.2 Å². The monoisotopic (exact) mass is 347 g/mol. The number of pyridine rings is 1. The van der Waals surface area contributed by atoms with Gasteiger partial charge in [-0.2, -0.15) is 0 Å². The zero-order chi connectivity index (χ0) is 18.1. The Labute approximate surface area is 144 Å². The van der Waals surface area contributed by atoms with Gasteiger partial charge in [-0.3, -0.25) is 9.78 Å². The summed E-state index contributed by atoms with van der Waals surface area (Å²) in [6, 6.07) is 6.45. The fraction of sp³-hybridized carbons (Fsp3) is 0.333. The molecule has 5 nitrogen and oxygen atoms in total. The minimum Gasteiger partial charge on any atom is -0.391 e. The van der Waals surface area contributed by atoms with Crippen molar-refractivity contribution >= 4 is 11.6 Å². The van der Waals surface area contributed by atoms with E-state index in [0.29, 0.717) is 5.56 Å². The minimum atomic E-state index is -0.973. The van der Waals surface area contributed by atoms with Crippen LogP contribution in [-0.2, 0) is 0 Å². The number of nitrogens with zero attached hydrogens (tertiary/aromatic N) is 3. The van der Waals surface area contributed by atoms with Crippen molar-refractivity contribution in [3.63, 3.8) is 0 Å². The molecule has 0 aliphatic carbocycles. The van der Waals surface area contributed by atoms with E-state index in [2.05, 4.69) is 4.98 Å². The maximum absolute atomic E-state index is 13.6. The summed E-state index contributed by atoms with van der Waals surface area (Å²) >= 11 is 0. The Morgan fingerprint density at radius 3 is 2.68 bits per heavy atom. The van der Waals surface area contributed by atoms with Gasteiger partial charge >= 0.3 is 0 Å². The van der Waals surface area contributed by atoms with Crippen LogP contribution in [0.15, 0.2) is 36.5 Å². The van der Waals surface area contributed by atoms with E-state index in [4.69, 9.17) is 0 Å². The van der Waals surface area contributed by atoms with Crippen molar-refractivity contribution in [2.45, 2.75) is 18.6 Å². The zero-order valence-electron chi connectivity index (χ0n) is 14.0. The number of halogens is 2. The Morgan fingerprint density at radius 1 is 1.24 bits per heavy atom. The van der Waals surface area contributed by atoms with E-state index in [1.807, 2.05) is 19.0 Å². The Hall–Kier alpha value is -2.54. The summed E-state index contributed by atoms with van der Waals surface area (Å²) in [6.07, 6.45) is 1.09. The second-order valence-corrected chi connectivity index (χ2v) is 6.33. The molecule has 0 spiro atoms. The highest BCUT2D eigenvalue weighted by Crippen LogP contribution is 2.34. The highest BCUT2D eigenvalue weighted by atomic mass is 19.2. The lowest BCUT2D eigenvalue weighted by Gasteiger charge is -2.25. The van der Waals surface area contributed by atoms with Crippen LogP contribution >= 0.6 is 0 Å². The van der Waals surface area contributed by atoms with Crippen molar-refractivity contribution < 1.29 is 18.7 Å². The Morgan fingerprint density at radius 2 is 2.00 bits per heavy atom. The number of aliphatic hydroxyl groups excluding tert-OH is 1. The Balaban J connectivity index is 1.92. The van der Waals surface area contributed by atoms with Crippen LogP contribution < -0.4 is 4.90 Å². The number of β-amino-alcohol motifs (C(OH)–C–C–N with tert-alkyl or cyclic N) is 1. The number of likely N-dealkylation sites (tertiary alicyclic amines) is 1. The molecule has 0 bridgehead atoms. The van der Waals surface area contributed by atoms with E-state index >= 15 is 0 Å². The van der Waals surface area contributed by atoms with Gasteiger partial charge < -0.3 is 14.9 Å². The first-order valence-electron chi connectivity index (χ1n) is 7.94. The SMILES string of the molecule is CN(C)c1ccnc(C(=O)N2C[C@H](O)C[C@@H]2c2ccc(F)c(F)c2)c1.